The summed E-state index contributed by atoms with van der Waals surface area (Å²) in [4.78, 5) is 4.84. The molecule has 0 saturated carbocycles. The van der Waals surface area contributed by atoms with Crippen molar-refractivity contribution in [2.24, 2.45) is 0 Å². The zero-order chi connectivity index (χ0) is 18.6. The standard InChI is InChI=1S/C23H21ClN2O/c1-17-5-4-6-20(15-17)27-14-13-26-22-8-3-2-7-21(22)25-23(26)16-18-9-11-19(24)12-10-18/h2-12,15H,13-14,16H2,1H3. The van der Waals surface area contributed by atoms with Crippen molar-refractivity contribution in [3.8, 4) is 5.75 Å². The Bertz CT molecular complexity index is 1050. The third-order valence-corrected chi connectivity index (χ3v) is 4.83. The largest absolute Gasteiger partial charge is 0.492 e. The molecule has 4 aromatic rings. The van der Waals surface area contributed by atoms with Gasteiger partial charge in [-0.1, -0.05) is 48.0 Å². The molecule has 0 amide bonds. The highest BCUT2D eigenvalue weighted by Crippen LogP contribution is 2.20. The molecule has 0 aliphatic heterocycles. The highest BCUT2D eigenvalue weighted by atomic mass is 35.5. The second-order valence-electron chi connectivity index (χ2n) is 6.64. The van der Waals surface area contributed by atoms with E-state index >= 15 is 0 Å². The van der Waals surface area contributed by atoms with Crippen LogP contribution < -0.4 is 4.74 Å². The molecular formula is C23H21ClN2O. The Balaban J connectivity index is 1.57. The summed E-state index contributed by atoms with van der Waals surface area (Å²) in [5.74, 6) is 1.94. The molecule has 3 aromatic carbocycles. The predicted octanol–water partition coefficient (Wildman–Crippen LogP) is 5.67. The third-order valence-electron chi connectivity index (χ3n) is 4.58. The summed E-state index contributed by atoms with van der Waals surface area (Å²) in [5.41, 5.74) is 4.53. The first-order valence-corrected chi connectivity index (χ1v) is 9.45. The zero-order valence-corrected chi connectivity index (χ0v) is 16.0. The number of aryl methyl sites for hydroxylation is 1. The molecule has 0 saturated heterocycles. The Morgan fingerprint density at radius 1 is 0.963 bits per heavy atom. The Morgan fingerprint density at radius 3 is 2.59 bits per heavy atom. The van der Waals surface area contributed by atoms with Crippen molar-refractivity contribution < 1.29 is 4.74 Å². The highest BCUT2D eigenvalue weighted by molar-refractivity contribution is 6.30. The molecule has 0 atom stereocenters. The number of para-hydroxylation sites is 2. The Hall–Kier alpha value is -2.78. The summed E-state index contributed by atoms with van der Waals surface area (Å²) in [6.07, 6.45) is 0.760. The van der Waals surface area contributed by atoms with Crippen molar-refractivity contribution in [3.05, 3.63) is 94.8 Å². The number of nitrogens with zero attached hydrogens (tertiary/aromatic N) is 2. The summed E-state index contributed by atoms with van der Waals surface area (Å²) < 4.78 is 8.21. The van der Waals surface area contributed by atoms with Crippen LogP contribution in [0, 0.1) is 6.92 Å². The number of hydrogen-bond donors (Lipinski definition) is 0. The van der Waals surface area contributed by atoms with Crippen molar-refractivity contribution in [1.29, 1.82) is 0 Å². The topological polar surface area (TPSA) is 27.1 Å². The maximum atomic E-state index is 6.01. The average Bonchev–Trinajstić information content (AvgIpc) is 3.01. The van der Waals surface area contributed by atoms with E-state index in [0.717, 1.165) is 40.6 Å². The van der Waals surface area contributed by atoms with E-state index in [1.807, 2.05) is 36.4 Å². The third kappa shape index (κ3) is 4.15. The van der Waals surface area contributed by atoms with Crippen LogP contribution in [-0.4, -0.2) is 16.2 Å². The smallest absolute Gasteiger partial charge is 0.119 e. The summed E-state index contributed by atoms with van der Waals surface area (Å²) in [5, 5.41) is 0.749. The number of fused-ring (bicyclic) bond motifs is 1. The second kappa shape index (κ2) is 7.85. The summed E-state index contributed by atoms with van der Waals surface area (Å²) in [6.45, 7) is 3.41. The quantitative estimate of drug-likeness (QED) is 0.433. The van der Waals surface area contributed by atoms with Crippen LogP contribution in [0.2, 0.25) is 5.02 Å². The van der Waals surface area contributed by atoms with Crippen LogP contribution in [0.4, 0.5) is 0 Å². The molecule has 0 radical (unpaired) electrons. The van der Waals surface area contributed by atoms with Crippen LogP contribution >= 0.6 is 11.6 Å². The molecule has 1 aromatic heterocycles. The SMILES string of the molecule is Cc1cccc(OCCn2c(Cc3ccc(Cl)cc3)nc3ccccc32)c1. The van der Waals surface area contributed by atoms with Crippen molar-refractivity contribution in [1.82, 2.24) is 9.55 Å². The van der Waals surface area contributed by atoms with E-state index in [-0.39, 0.29) is 0 Å². The number of aromatic nitrogens is 2. The normalized spacial score (nSPS) is 11.0. The molecule has 0 fully saturated rings. The minimum Gasteiger partial charge on any atom is -0.492 e. The van der Waals surface area contributed by atoms with Gasteiger partial charge in [0.25, 0.3) is 0 Å². The molecule has 0 unspecified atom stereocenters. The van der Waals surface area contributed by atoms with E-state index in [1.54, 1.807) is 0 Å². The van der Waals surface area contributed by atoms with Gasteiger partial charge in [0, 0.05) is 11.4 Å². The van der Waals surface area contributed by atoms with Crippen LogP contribution in [-0.2, 0) is 13.0 Å². The van der Waals surface area contributed by atoms with E-state index < -0.39 is 0 Å². The van der Waals surface area contributed by atoms with Crippen LogP contribution in [0.25, 0.3) is 11.0 Å². The number of hydrogen-bond acceptors (Lipinski definition) is 2. The lowest BCUT2D eigenvalue weighted by atomic mass is 10.1. The van der Waals surface area contributed by atoms with Crippen LogP contribution in [0.15, 0.2) is 72.8 Å². The molecule has 4 heteroatoms. The molecule has 0 N–H and O–H groups in total. The lowest BCUT2D eigenvalue weighted by Crippen LogP contribution is -2.11. The first-order valence-electron chi connectivity index (χ1n) is 9.07. The van der Waals surface area contributed by atoms with Crippen molar-refractivity contribution in [2.45, 2.75) is 19.9 Å². The van der Waals surface area contributed by atoms with E-state index in [2.05, 4.69) is 47.9 Å². The maximum absolute atomic E-state index is 6.01. The predicted molar refractivity (Wildman–Crippen MR) is 111 cm³/mol. The number of ether oxygens (including phenoxy) is 1. The van der Waals surface area contributed by atoms with E-state index in [0.29, 0.717) is 6.61 Å². The van der Waals surface area contributed by atoms with Gasteiger partial charge in [-0.25, -0.2) is 4.98 Å². The molecule has 3 nitrogen and oxygen atoms in total. The van der Waals surface area contributed by atoms with Gasteiger partial charge in [0.15, 0.2) is 0 Å². The number of halogens is 1. The van der Waals surface area contributed by atoms with Crippen LogP contribution in [0.3, 0.4) is 0 Å². The fourth-order valence-corrected chi connectivity index (χ4v) is 3.38. The second-order valence-corrected chi connectivity index (χ2v) is 7.07. The molecule has 0 aliphatic rings. The summed E-state index contributed by atoms with van der Waals surface area (Å²) in [7, 11) is 0. The molecule has 0 spiro atoms. The van der Waals surface area contributed by atoms with Crippen molar-refractivity contribution in [2.75, 3.05) is 6.61 Å². The fraction of sp³-hybridized carbons (Fsp3) is 0.174. The van der Waals surface area contributed by atoms with Gasteiger partial charge in [-0.05, 0) is 54.4 Å². The van der Waals surface area contributed by atoms with E-state index in [1.165, 1.54) is 11.1 Å². The number of benzene rings is 3. The zero-order valence-electron chi connectivity index (χ0n) is 15.2. The van der Waals surface area contributed by atoms with Crippen molar-refractivity contribution in [3.63, 3.8) is 0 Å². The van der Waals surface area contributed by atoms with Gasteiger partial charge in [-0.2, -0.15) is 0 Å². The molecule has 1 heterocycles. The summed E-state index contributed by atoms with van der Waals surface area (Å²) in [6, 6.07) is 24.3. The molecule has 0 aliphatic carbocycles. The summed E-state index contributed by atoms with van der Waals surface area (Å²) >= 11 is 6.01. The maximum Gasteiger partial charge on any atom is 0.119 e. The first kappa shape index (κ1) is 17.6. The lowest BCUT2D eigenvalue weighted by Gasteiger charge is -2.11. The van der Waals surface area contributed by atoms with Gasteiger partial charge in [-0.15, -0.1) is 0 Å². The minimum atomic E-state index is 0.595. The monoisotopic (exact) mass is 376 g/mol. The number of imidazole rings is 1. The minimum absolute atomic E-state index is 0.595. The first-order chi connectivity index (χ1) is 13.2. The van der Waals surface area contributed by atoms with Gasteiger partial charge in [0.2, 0.25) is 0 Å². The Labute approximate surface area is 164 Å². The molecule has 0 bridgehead atoms. The van der Waals surface area contributed by atoms with Crippen LogP contribution in [0.1, 0.15) is 17.0 Å². The van der Waals surface area contributed by atoms with Crippen LogP contribution in [0.5, 0.6) is 5.75 Å². The lowest BCUT2D eigenvalue weighted by molar-refractivity contribution is 0.298. The Kier molecular flexibility index (Phi) is 5.12. The van der Waals surface area contributed by atoms with Gasteiger partial charge >= 0.3 is 0 Å². The molecule has 136 valence electrons. The average molecular weight is 377 g/mol. The highest BCUT2D eigenvalue weighted by Gasteiger charge is 2.11. The number of rotatable bonds is 6. The van der Waals surface area contributed by atoms with E-state index in [9.17, 15) is 0 Å². The Morgan fingerprint density at radius 2 is 1.78 bits per heavy atom. The molecular weight excluding hydrogens is 356 g/mol. The molecule has 27 heavy (non-hydrogen) atoms. The van der Waals surface area contributed by atoms with Crippen molar-refractivity contribution >= 4 is 22.6 Å². The van der Waals surface area contributed by atoms with Gasteiger partial charge in [0.1, 0.15) is 18.2 Å². The van der Waals surface area contributed by atoms with Gasteiger partial charge in [0.05, 0.1) is 17.6 Å². The molecule has 4 rings (SSSR count). The van der Waals surface area contributed by atoms with Gasteiger partial charge in [-0.3, -0.25) is 0 Å². The van der Waals surface area contributed by atoms with E-state index in [4.69, 9.17) is 21.3 Å². The van der Waals surface area contributed by atoms with Gasteiger partial charge < -0.3 is 9.30 Å². The fourth-order valence-electron chi connectivity index (χ4n) is 3.25.